The van der Waals surface area contributed by atoms with Crippen LogP contribution < -0.4 is 5.32 Å². The smallest absolute Gasteiger partial charge is 0.0694 e. The Morgan fingerprint density at radius 2 is 1.83 bits per heavy atom. The van der Waals surface area contributed by atoms with Gasteiger partial charge in [0.1, 0.15) is 0 Å². The highest BCUT2D eigenvalue weighted by Crippen LogP contribution is 2.04. The second kappa shape index (κ2) is 8.92. The van der Waals surface area contributed by atoms with Crippen LogP contribution in [0.3, 0.4) is 0 Å². The van der Waals surface area contributed by atoms with Gasteiger partial charge >= 0.3 is 0 Å². The maximum Gasteiger partial charge on any atom is 0.0694 e. The summed E-state index contributed by atoms with van der Waals surface area (Å²) in [4.78, 5) is 0. The van der Waals surface area contributed by atoms with Crippen LogP contribution in [-0.4, -0.2) is 12.6 Å². The van der Waals surface area contributed by atoms with Crippen LogP contribution in [0, 0.1) is 13.3 Å². The van der Waals surface area contributed by atoms with Crippen molar-refractivity contribution in [3.8, 4) is 0 Å². The summed E-state index contributed by atoms with van der Waals surface area (Å²) in [7, 11) is 0. The maximum absolute atomic E-state index is 3.71. The van der Waals surface area contributed by atoms with Gasteiger partial charge in [0.25, 0.3) is 0 Å². The summed E-state index contributed by atoms with van der Waals surface area (Å²) in [6.07, 6.45) is 8.25. The predicted molar refractivity (Wildman–Crippen MR) is 55.9 cm³/mol. The minimum atomic E-state index is 0.736. The average molecular weight is 169 g/mol. The molecule has 0 atom stereocenters. The van der Waals surface area contributed by atoms with Gasteiger partial charge in [0.2, 0.25) is 0 Å². The molecule has 0 aromatic heterocycles. The second-order valence-electron chi connectivity index (χ2n) is 3.31. The van der Waals surface area contributed by atoms with Crippen LogP contribution >= 0.6 is 0 Å². The maximum atomic E-state index is 3.71. The molecule has 0 amide bonds. The zero-order valence-electron chi connectivity index (χ0n) is 8.60. The zero-order valence-corrected chi connectivity index (χ0v) is 8.60. The number of hydrogen-bond acceptors (Lipinski definition) is 1. The van der Waals surface area contributed by atoms with E-state index in [0.29, 0.717) is 0 Å². The predicted octanol–water partition coefficient (Wildman–Crippen LogP) is 2.97. The summed E-state index contributed by atoms with van der Waals surface area (Å²) in [5.41, 5.74) is 0. The fourth-order valence-corrected chi connectivity index (χ4v) is 1.43. The number of hydrogen-bond donors (Lipinski definition) is 1. The lowest BCUT2D eigenvalue weighted by Crippen LogP contribution is -2.29. The summed E-state index contributed by atoms with van der Waals surface area (Å²) in [5.74, 6) is 0. The molecule has 0 aliphatic carbocycles. The first-order chi connectivity index (χ1) is 5.85. The molecule has 0 rings (SSSR count). The first-order valence-electron chi connectivity index (χ1n) is 5.19. The normalized spacial score (nSPS) is 10.7. The van der Waals surface area contributed by atoms with E-state index in [-0.39, 0.29) is 0 Å². The van der Waals surface area contributed by atoms with Crippen molar-refractivity contribution in [2.75, 3.05) is 6.54 Å². The van der Waals surface area contributed by atoms with Crippen LogP contribution in [0.5, 0.6) is 0 Å². The van der Waals surface area contributed by atoms with Gasteiger partial charge in [0.15, 0.2) is 0 Å². The molecule has 0 bridgehead atoms. The highest BCUT2D eigenvalue weighted by molar-refractivity contribution is 4.71. The molecule has 0 radical (unpaired) electrons. The first-order valence-corrected chi connectivity index (χ1v) is 5.19. The zero-order chi connectivity index (χ0) is 9.23. The molecule has 0 aliphatic heterocycles. The molecule has 0 aromatic rings. The van der Waals surface area contributed by atoms with E-state index >= 15 is 0 Å². The molecule has 1 nitrogen and oxygen atoms in total. The molecular weight excluding hydrogens is 146 g/mol. The Kier molecular flexibility index (Phi) is 8.80. The molecule has 0 aromatic carbocycles. The Bertz CT molecular complexity index is 75.1. The third-order valence-corrected chi connectivity index (χ3v) is 2.06. The molecule has 72 valence electrons. The SMILES string of the molecule is [CH2-][CH+]CCNC(CCC)CCC. The van der Waals surface area contributed by atoms with E-state index in [1.807, 2.05) is 6.42 Å². The Hall–Kier alpha value is -0.170. The van der Waals surface area contributed by atoms with E-state index in [2.05, 4.69) is 26.1 Å². The van der Waals surface area contributed by atoms with Gasteiger partial charge in [-0.15, -0.1) is 6.92 Å². The van der Waals surface area contributed by atoms with E-state index in [1.54, 1.807) is 0 Å². The van der Waals surface area contributed by atoms with Crippen LogP contribution in [0.4, 0.5) is 0 Å². The van der Waals surface area contributed by atoms with Crippen LogP contribution in [-0.2, 0) is 0 Å². The van der Waals surface area contributed by atoms with Gasteiger partial charge in [0.05, 0.1) is 6.42 Å². The Morgan fingerprint density at radius 1 is 1.25 bits per heavy atom. The van der Waals surface area contributed by atoms with Crippen molar-refractivity contribution in [3.63, 3.8) is 0 Å². The third-order valence-electron chi connectivity index (χ3n) is 2.06. The largest absolute Gasteiger partial charge is 0.310 e. The van der Waals surface area contributed by atoms with Gasteiger partial charge in [-0.2, -0.15) is 0 Å². The molecule has 0 unspecified atom stereocenters. The topological polar surface area (TPSA) is 12.0 Å². The van der Waals surface area contributed by atoms with Crippen molar-refractivity contribution in [2.45, 2.75) is 52.0 Å². The van der Waals surface area contributed by atoms with E-state index in [9.17, 15) is 0 Å². The van der Waals surface area contributed by atoms with Crippen molar-refractivity contribution in [1.82, 2.24) is 5.32 Å². The lowest BCUT2D eigenvalue weighted by Gasteiger charge is -2.15. The summed E-state index contributed by atoms with van der Waals surface area (Å²) >= 11 is 0. The highest BCUT2D eigenvalue weighted by atomic mass is 14.9. The molecule has 0 spiro atoms. The van der Waals surface area contributed by atoms with Gasteiger partial charge in [-0.3, -0.25) is 0 Å². The third kappa shape index (κ3) is 6.53. The summed E-state index contributed by atoms with van der Waals surface area (Å²) < 4.78 is 0. The van der Waals surface area contributed by atoms with Gasteiger partial charge in [-0.05, 0) is 12.8 Å². The molecule has 1 heteroatoms. The Labute approximate surface area is 77.9 Å². The van der Waals surface area contributed by atoms with Crippen LogP contribution in [0.15, 0.2) is 0 Å². The molecule has 12 heavy (non-hydrogen) atoms. The van der Waals surface area contributed by atoms with E-state index in [1.165, 1.54) is 25.7 Å². The lowest BCUT2D eigenvalue weighted by atomic mass is 10.1. The van der Waals surface area contributed by atoms with Crippen LogP contribution in [0.2, 0.25) is 0 Å². The molecule has 0 saturated heterocycles. The monoisotopic (exact) mass is 169 g/mol. The second-order valence-corrected chi connectivity index (χ2v) is 3.31. The molecule has 0 heterocycles. The van der Waals surface area contributed by atoms with Crippen LogP contribution in [0.1, 0.15) is 46.0 Å². The first kappa shape index (κ1) is 11.8. The van der Waals surface area contributed by atoms with E-state index in [0.717, 1.165) is 19.0 Å². The Balaban J connectivity index is 3.34. The minimum Gasteiger partial charge on any atom is -0.310 e. The quantitative estimate of drug-likeness (QED) is 0.435. The van der Waals surface area contributed by atoms with Gasteiger partial charge < -0.3 is 5.32 Å². The summed E-state index contributed by atoms with van der Waals surface area (Å²) in [6.45, 7) is 9.30. The number of rotatable bonds is 8. The number of nitrogens with one attached hydrogen (secondary N) is 1. The van der Waals surface area contributed by atoms with Crippen molar-refractivity contribution in [2.24, 2.45) is 0 Å². The van der Waals surface area contributed by atoms with E-state index in [4.69, 9.17) is 0 Å². The molecular formula is C11H23N. The van der Waals surface area contributed by atoms with Crippen molar-refractivity contribution >= 4 is 0 Å². The summed E-state index contributed by atoms with van der Waals surface area (Å²) in [6, 6.07) is 0.736. The lowest BCUT2D eigenvalue weighted by molar-refractivity contribution is 0.447. The molecule has 0 saturated carbocycles. The van der Waals surface area contributed by atoms with Crippen LogP contribution in [0.25, 0.3) is 0 Å². The minimum absolute atomic E-state index is 0.736. The fraction of sp³-hybridized carbons (Fsp3) is 0.818. The standard InChI is InChI=1S/C11H23N/c1-4-7-10-12-11(8-5-2)9-6-3/h4,11-12H,1,5-10H2,2-3H3. The molecule has 0 aliphatic rings. The van der Waals surface area contributed by atoms with Gasteiger partial charge in [-0.25, -0.2) is 0 Å². The number of unbranched alkanes of at least 4 members (excludes halogenated alkanes) is 1. The van der Waals surface area contributed by atoms with Crippen molar-refractivity contribution in [1.29, 1.82) is 0 Å². The van der Waals surface area contributed by atoms with Gasteiger partial charge in [0, 0.05) is 12.6 Å². The van der Waals surface area contributed by atoms with Gasteiger partial charge in [-0.1, -0.05) is 33.1 Å². The fourth-order valence-electron chi connectivity index (χ4n) is 1.43. The van der Waals surface area contributed by atoms with Crippen molar-refractivity contribution < 1.29 is 0 Å². The molecule has 0 fully saturated rings. The van der Waals surface area contributed by atoms with E-state index < -0.39 is 0 Å². The summed E-state index contributed by atoms with van der Waals surface area (Å²) in [5, 5.41) is 3.55. The highest BCUT2D eigenvalue weighted by Gasteiger charge is 2.04. The Morgan fingerprint density at radius 3 is 2.25 bits per heavy atom. The average Bonchev–Trinajstić information content (AvgIpc) is 2.06. The van der Waals surface area contributed by atoms with Crippen molar-refractivity contribution in [3.05, 3.63) is 13.3 Å². The molecule has 1 N–H and O–H groups in total.